The van der Waals surface area contributed by atoms with Crippen LogP contribution in [0.15, 0.2) is 47.8 Å². The molecule has 1 heterocycles. The number of aromatic nitrogens is 1. The lowest BCUT2D eigenvalue weighted by atomic mass is 10.1. The number of rotatable bonds is 7. The molecule has 1 aromatic heterocycles. The highest BCUT2D eigenvalue weighted by atomic mass is 32.1. The maximum Gasteiger partial charge on any atom is 0.358 e. The lowest BCUT2D eigenvalue weighted by Crippen LogP contribution is -2.08. The number of nitrogens with zero attached hydrogens (tertiary/aromatic N) is 1. The fourth-order valence-corrected chi connectivity index (χ4v) is 3.31. The van der Waals surface area contributed by atoms with E-state index in [2.05, 4.69) is 4.98 Å². The summed E-state index contributed by atoms with van der Waals surface area (Å²) < 4.78 is 23.9. The smallest absolute Gasteiger partial charge is 0.358 e. The molecule has 0 saturated carbocycles. The van der Waals surface area contributed by atoms with E-state index in [1.165, 1.54) is 30.4 Å². The third kappa shape index (κ3) is 4.61. The van der Waals surface area contributed by atoms with Crippen molar-refractivity contribution in [1.82, 2.24) is 4.98 Å². The largest absolute Gasteiger partial charge is 0.493 e. The first-order valence-electron chi connectivity index (χ1n) is 8.63. The summed E-state index contributed by atoms with van der Waals surface area (Å²) in [6, 6.07) is 10.9. The van der Waals surface area contributed by atoms with Gasteiger partial charge in [-0.05, 0) is 56.3 Å². The predicted molar refractivity (Wildman–Crippen MR) is 104 cm³/mol. The van der Waals surface area contributed by atoms with Gasteiger partial charge in [-0.25, -0.2) is 14.2 Å². The van der Waals surface area contributed by atoms with E-state index < -0.39 is 5.97 Å². The number of hydrogen-bond donors (Lipinski definition) is 0. The van der Waals surface area contributed by atoms with Crippen LogP contribution in [0, 0.1) is 5.82 Å². The van der Waals surface area contributed by atoms with E-state index in [1.54, 1.807) is 35.7 Å². The molecule has 0 saturated heterocycles. The zero-order chi connectivity index (χ0) is 20.1. The first kappa shape index (κ1) is 19.7. The lowest BCUT2D eigenvalue weighted by molar-refractivity contribution is 0.0463. The molecule has 0 aliphatic heterocycles. The van der Waals surface area contributed by atoms with Crippen LogP contribution in [-0.2, 0) is 11.3 Å². The molecule has 0 unspecified atom stereocenters. The SMILES string of the molecule is CCOc1ccc(C(C)=O)cc1COC(=O)c1csc(-c2ccc(F)cc2)n1. The maximum atomic E-state index is 13.0. The van der Waals surface area contributed by atoms with Crippen LogP contribution in [0.2, 0.25) is 0 Å². The van der Waals surface area contributed by atoms with Crippen LogP contribution in [0.3, 0.4) is 0 Å². The van der Waals surface area contributed by atoms with Crippen molar-refractivity contribution in [3.63, 3.8) is 0 Å². The molecule has 0 bridgehead atoms. The van der Waals surface area contributed by atoms with Gasteiger partial charge >= 0.3 is 5.97 Å². The number of thiazole rings is 1. The van der Waals surface area contributed by atoms with E-state index in [9.17, 15) is 14.0 Å². The first-order valence-corrected chi connectivity index (χ1v) is 9.51. The van der Waals surface area contributed by atoms with Gasteiger partial charge in [0.15, 0.2) is 11.5 Å². The molecule has 0 aliphatic rings. The van der Waals surface area contributed by atoms with E-state index in [-0.39, 0.29) is 23.9 Å². The molecular weight excluding hydrogens is 381 g/mol. The maximum absolute atomic E-state index is 13.0. The van der Waals surface area contributed by atoms with Gasteiger partial charge in [-0.3, -0.25) is 4.79 Å². The number of carbonyl (C=O) groups excluding carboxylic acids is 2. The lowest BCUT2D eigenvalue weighted by Gasteiger charge is -2.11. The highest BCUT2D eigenvalue weighted by molar-refractivity contribution is 7.13. The zero-order valence-corrected chi connectivity index (χ0v) is 16.2. The average molecular weight is 399 g/mol. The van der Waals surface area contributed by atoms with Crippen molar-refractivity contribution >= 4 is 23.1 Å². The van der Waals surface area contributed by atoms with Crippen molar-refractivity contribution in [2.24, 2.45) is 0 Å². The van der Waals surface area contributed by atoms with E-state index in [0.717, 1.165) is 5.56 Å². The predicted octanol–water partition coefficient (Wildman–Crippen LogP) is 4.91. The van der Waals surface area contributed by atoms with Crippen LogP contribution in [0.25, 0.3) is 10.6 Å². The topological polar surface area (TPSA) is 65.5 Å². The standard InChI is InChI=1S/C21H18FNO4S/c1-3-26-19-9-6-15(13(2)24)10-16(19)11-27-21(25)18-12-28-20(23-18)14-4-7-17(22)8-5-14/h4-10,12H,3,11H2,1-2H3. The number of benzene rings is 2. The minimum Gasteiger partial charge on any atom is -0.493 e. The molecule has 0 radical (unpaired) electrons. The molecule has 3 rings (SSSR count). The molecule has 0 spiro atoms. The summed E-state index contributed by atoms with van der Waals surface area (Å²) in [6.07, 6.45) is 0. The summed E-state index contributed by atoms with van der Waals surface area (Å²) in [4.78, 5) is 28.2. The normalized spacial score (nSPS) is 10.5. The summed E-state index contributed by atoms with van der Waals surface area (Å²) in [5, 5.41) is 2.19. The van der Waals surface area contributed by atoms with Crippen LogP contribution in [0.5, 0.6) is 5.75 Å². The number of hydrogen-bond acceptors (Lipinski definition) is 6. The first-order chi connectivity index (χ1) is 13.5. The van der Waals surface area contributed by atoms with Crippen LogP contribution < -0.4 is 4.74 Å². The van der Waals surface area contributed by atoms with Gasteiger partial charge in [0.1, 0.15) is 23.2 Å². The summed E-state index contributed by atoms with van der Waals surface area (Å²) in [7, 11) is 0. The average Bonchev–Trinajstić information content (AvgIpc) is 3.18. The van der Waals surface area contributed by atoms with Crippen molar-refractivity contribution < 1.29 is 23.5 Å². The van der Waals surface area contributed by atoms with Crippen molar-refractivity contribution in [2.45, 2.75) is 20.5 Å². The highest BCUT2D eigenvalue weighted by Gasteiger charge is 2.15. The van der Waals surface area contributed by atoms with Gasteiger partial charge in [-0.15, -0.1) is 11.3 Å². The quantitative estimate of drug-likeness (QED) is 0.417. The highest BCUT2D eigenvalue weighted by Crippen LogP contribution is 2.25. The van der Waals surface area contributed by atoms with Gasteiger partial charge in [-0.1, -0.05) is 0 Å². The minimum absolute atomic E-state index is 0.0430. The van der Waals surface area contributed by atoms with Crippen LogP contribution >= 0.6 is 11.3 Å². The molecule has 0 amide bonds. The molecule has 5 nitrogen and oxygen atoms in total. The van der Waals surface area contributed by atoms with E-state index in [4.69, 9.17) is 9.47 Å². The minimum atomic E-state index is -0.583. The molecule has 0 atom stereocenters. The van der Waals surface area contributed by atoms with Crippen LogP contribution in [0.1, 0.15) is 40.3 Å². The summed E-state index contributed by atoms with van der Waals surface area (Å²) in [5.74, 6) is -0.442. The monoisotopic (exact) mass is 399 g/mol. The van der Waals surface area contributed by atoms with E-state index in [0.29, 0.717) is 28.5 Å². The second-order valence-electron chi connectivity index (χ2n) is 5.93. The number of carbonyl (C=O) groups is 2. The Morgan fingerprint density at radius 3 is 2.57 bits per heavy atom. The van der Waals surface area contributed by atoms with Crippen molar-refractivity contribution in [3.8, 4) is 16.3 Å². The van der Waals surface area contributed by atoms with Gasteiger partial charge in [0.2, 0.25) is 0 Å². The van der Waals surface area contributed by atoms with Crippen molar-refractivity contribution in [3.05, 3.63) is 70.5 Å². The Morgan fingerprint density at radius 1 is 1.14 bits per heavy atom. The summed E-state index contributed by atoms with van der Waals surface area (Å²) >= 11 is 1.27. The molecule has 144 valence electrons. The Labute approximate surface area is 165 Å². The van der Waals surface area contributed by atoms with Crippen molar-refractivity contribution in [1.29, 1.82) is 0 Å². The molecule has 7 heteroatoms. The van der Waals surface area contributed by atoms with Crippen molar-refractivity contribution in [2.75, 3.05) is 6.61 Å². The fourth-order valence-electron chi connectivity index (χ4n) is 2.52. The third-order valence-electron chi connectivity index (χ3n) is 3.93. The molecule has 28 heavy (non-hydrogen) atoms. The number of halogens is 1. The van der Waals surface area contributed by atoms with Gasteiger partial charge in [-0.2, -0.15) is 0 Å². The fraction of sp³-hybridized carbons (Fsp3) is 0.190. The number of Topliss-reactive ketones (excluding diaryl/α,β-unsaturated/α-hetero) is 1. The van der Waals surface area contributed by atoms with Crippen LogP contribution in [-0.4, -0.2) is 23.3 Å². The molecular formula is C21H18FNO4S. The summed E-state index contributed by atoms with van der Waals surface area (Å²) in [6.45, 7) is 3.73. The molecule has 2 aromatic carbocycles. The van der Waals surface area contributed by atoms with Crippen LogP contribution in [0.4, 0.5) is 4.39 Å². The molecule has 0 aliphatic carbocycles. The van der Waals surface area contributed by atoms with Gasteiger partial charge < -0.3 is 9.47 Å². The van der Waals surface area contributed by atoms with Gasteiger partial charge in [0.25, 0.3) is 0 Å². The Balaban J connectivity index is 1.73. The second-order valence-corrected chi connectivity index (χ2v) is 6.79. The molecule has 0 N–H and O–H groups in total. The molecule has 0 fully saturated rings. The van der Waals surface area contributed by atoms with Gasteiger partial charge in [0, 0.05) is 22.1 Å². The Kier molecular flexibility index (Phi) is 6.16. The number of ketones is 1. The summed E-state index contributed by atoms with van der Waals surface area (Å²) in [5.41, 5.74) is 2.02. The van der Waals surface area contributed by atoms with E-state index >= 15 is 0 Å². The number of esters is 1. The Hall–Kier alpha value is -3.06. The zero-order valence-electron chi connectivity index (χ0n) is 15.4. The third-order valence-corrected chi connectivity index (χ3v) is 4.82. The Bertz CT molecular complexity index is 998. The van der Waals surface area contributed by atoms with Gasteiger partial charge in [0.05, 0.1) is 6.61 Å². The molecule has 3 aromatic rings. The Morgan fingerprint density at radius 2 is 1.89 bits per heavy atom. The second kappa shape index (κ2) is 8.75. The number of ether oxygens (including phenoxy) is 2. The van der Waals surface area contributed by atoms with E-state index in [1.807, 2.05) is 6.92 Å².